The number of hydrogen-bond donors (Lipinski definition) is 1. The van der Waals surface area contributed by atoms with Gasteiger partial charge in [-0.05, 0) is 53.6 Å². The first-order chi connectivity index (χ1) is 19.7. The van der Waals surface area contributed by atoms with E-state index in [-0.39, 0.29) is 23.8 Å². The molecule has 0 radical (unpaired) electrons. The Balaban J connectivity index is 1.78. The molecule has 0 spiro atoms. The number of anilines is 1. The molecule has 0 fully saturated rings. The summed E-state index contributed by atoms with van der Waals surface area (Å²) < 4.78 is 29.5. The molecule has 0 unspecified atom stereocenters. The predicted molar refractivity (Wildman–Crippen MR) is 165 cm³/mol. The number of halogens is 2. The number of nitrogens with zero attached hydrogens (tertiary/aromatic N) is 2. The summed E-state index contributed by atoms with van der Waals surface area (Å²) in [6.45, 7) is -0.488. The summed E-state index contributed by atoms with van der Waals surface area (Å²) in [4.78, 5) is 29.0. The molecule has 0 aliphatic heterocycles. The van der Waals surface area contributed by atoms with Crippen LogP contribution in [0.5, 0.6) is 0 Å². The highest BCUT2D eigenvalue weighted by Gasteiger charge is 2.34. The fourth-order valence-corrected chi connectivity index (χ4v) is 6.46. The number of carbonyl (C=O) groups is 2. The Hall–Kier alpha value is -3.66. The van der Waals surface area contributed by atoms with Gasteiger partial charge in [0.25, 0.3) is 10.0 Å². The zero-order valence-corrected chi connectivity index (χ0v) is 25.4. The summed E-state index contributed by atoms with van der Waals surface area (Å²) in [5.41, 5.74) is 1.86. The van der Waals surface area contributed by atoms with Crippen molar-refractivity contribution in [3.63, 3.8) is 0 Å². The minimum absolute atomic E-state index is 0.0429. The van der Waals surface area contributed by atoms with E-state index in [1.165, 1.54) is 24.1 Å². The van der Waals surface area contributed by atoms with Gasteiger partial charge in [0.1, 0.15) is 12.6 Å². The zero-order valence-electron chi connectivity index (χ0n) is 22.3. The third-order valence-corrected chi connectivity index (χ3v) is 8.98. The second kappa shape index (κ2) is 13.8. The van der Waals surface area contributed by atoms with Crippen molar-refractivity contribution in [2.24, 2.45) is 0 Å². The van der Waals surface area contributed by atoms with Gasteiger partial charge in [-0.2, -0.15) is 0 Å². The van der Waals surface area contributed by atoms with Gasteiger partial charge in [-0.15, -0.1) is 0 Å². The number of nitrogens with one attached hydrogen (secondary N) is 1. The lowest BCUT2D eigenvalue weighted by Gasteiger charge is -2.33. The third kappa shape index (κ3) is 7.75. The number of benzene rings is 4. The van der Waals surface area contributed by atoms with Crippen LogP contribution in [0.25, 0.3) is 0 Å². The van der Waals surface area contributed by atoms with Crippen molar-refractivity contribution < 1.29 is 18.0 Å². The highest BCUT2D eigenvalue weighted by atomic mass is 79.9. The van der Waals surface area contributed by atoms with Gasteiger partial charge in [0.2, 0.25) is 11.8 Å². The fourth-order valence-electron chi connectivity index (χ4n) is 4.43. The average Bonchev–Trinajstić information content (AvgIpc) is 2.98. The van der Waals surface area contributed by atoms with Crippen LogP contribution in [-0.4, -0.2) is 44.8 Å². The van der Waals surface area contributed by atoms with E-state index in [9.17, 15) is 18.0 Å². The Kier molecular flexibility index (Phi) is 10.2. The number of sulfonamides is 1. The maximum atomic E-state index is 14.2. The number of carbonyl (C=O) groups excluding carboxylic acids is 2. The largest absolute Gasteiger partial charge is 0.357 e. The van der Waals surface area contributed by atoms with Crippen molar-refractivity contribution in [1.82, 2.24) is 10.2 Å². The van der Waals surface area contributed by atoms with E-state index >= 15 is 0 Å². The lowest BCUT2D eigenvalue weighted by molar-refractivity contribution is -0.139. The maximum Gasteiger partial charge on any atom is 0.264 e. The Morgan fingerprint density at radius 1 is 0.854 bits per heavy atom. The van der Waals surface area contributed by atoms with E-state index in [0.29, 0.717) is 20.7 Å². The van der Waals surface area contributed by atoms with Crippen molar-refractivity contribution in [2.75, 3.05) is 17.9 Å². The summed E-state index contributed by atoms with van der Waals surface area (Å²) in [6.07, 6.45) is 0.231. The smallest absolute Gasteiger partial charge is 0.264 e. The van der Waals surface area contributed by atoms with Crippen LogP contribution in [0.4, 0.5) is 5.69 Å². The first-order valence-electron chi connectivity index (χ1n) is 12.8. The van der Waals surface area contributed by atoms with E-state index in [1.807, 2.05) is 36.4 Å². The molecule has 2 amide bonds. The van der Waals surface area contributed by atoms with Crippen LogP contribution >= 0.6 is 27.5 Å². The molecule has 0 saturated carbocycles. The Labute approximate surface area is 253 Å². The zero-order chi connectivity index (χ0) is 29.4. The van der Waals surface area contributed by atoms with Gasteiger partial charge in [-0.25, -0.2) is 8.42 Å². The molecule has 4 aromatic carbocycles. The standard InChI is InChI=1S/C31H29BrClN3O4S/c1-34-31(38)29(19-23-10-4-2-5-11-23)35(21-24-12-8-14-26(33)18-24)30(37)22-36(27-15-9-13-25(32)20-27)41(39,40)28-16-6-3-7-17-28/h2-18,20,29H,19,21-22H2,1H3,(H,34,38)/t29-/m0/s1. The van der Waals surface area contributed by atoms with Crippen LogP contribution in [0.15, 0.2) is 119 Å². The summed E-state index contributed by atoms with van der Waals surface area (Å²) >= 11 is 9.65. The van der Waals surface area contributed by atoms with Crippen LogP contribution in [0, 0.1) is 0 Å². The molecule has 0 heterocycles. The van der Waals surface area contributed by atoms with Crippen molar-refractivity contribution in [3.8, 4) is 0 Å². The van der Waals surface area contributed by atoms with Crippen LogP contribution in [0.1, 0.15) is 11.1 Å². The maximum absolute atomic E-state index is 14.2. The normalized spacial score (nSPS) is 11.9. The van der Waals surface area contributed by atoms with Crippen molar-refractivity contribution in [1.29, 1.82) is 0 Å². The Morgan fingerprint density at radius 3 is 2.12 bits per heavy atom. The molecule has 0 aliphatic carbocycles. The molecule has 0 aromatic heterocycles. The molecule has 7 nitrogen and oxygen atoms in total. The quantitative estimate of drug-likeness (QED) is 0.225. The first-order valence-corrected chi connectivity index (χ1v) is 15.4. The number of hydrogen-bond acceptors (Lipinski definition) is 4. The van der Waals surface area contributed by atoms with Crippen molar-refractivity contribution in [2.45, 2.75) is 23.9 Å². The molecule has 4 aromatic rings. The lowest BCUT2D eigenvalue weighted by Crippen LogP contribution is -2.53. The molecule has 10 heteroatoms. The van der Waals surface area contributed by atoms with E-state index in [0.717, 1.165) is 9.87 Å². The summed E-state index contributed by atoms with van der Waals surface area (Å²) in [5.74, 6) is -0.918. The van der Waals surface area contributed by atoms with Gasteiger partial charge >= 0.3 is 0 Å². The first kappa shape index (κ1) is 30.3. The monoisotopic (exact) mass is 653 g/mol. The third-order valence-electron chi connectivity index (χ3n) is 6.47. The minimum Gasteiger partial charge on any atom is -0.357 e. The molecular weight excluding hydrogens is 626 g/mol. The van der Waals surface area contributed by atoms with Gasteiger partial charge in [-0.3, -0.25) is 13.9 Å². The van der Waals surface area contributed by atoms with Gasteiger partial charge in [0.05, 0.1) is 10.6 Å². The van der Waals surface area contributed by atoms with Gasteiger partial charge in [0, 0.05) is 29.5 Å². The molecule has 1 N–H and O–H groups in total. The highest BCUT2D eigenvalue weighted by Crippen LogP contribution is 2.27. The Bertz CT molecular complexity index is 1600. The minimum atomic E-state index is -4.15. The molecular formula is C31H29BrClN3O4S. The number of rotatable bonds is 11. The average molecular weight is 655 g/mol. The van der Waals surface area contributed by atoms with Crippen LogP contribution in [0.3, 0.4) is 0 Å². The van der Waals surface area contributed by atoms with E-state index in [4.69, 9.17) is 11.6 Å². The second-order valence-electron chi connectivity index (χ2n) is 9.28. The fraction of sp³-hybridized carbons (Fsp3) is 0.161. The Morgan fingerprint density at radius 2 is 1.49 bits per heavy atom. The van der Waals surface area contributed by atoms with Crippen molar-refractivity contribution in [3.05, 3.63) is 130 Å². The molecule has 0 saturated heterocycles. The van der Waals surface area contributed by atoms with Crippen molar-refractivity contribution >= 4 is 55.1 Å². The number of amides is 2. The summed E-state index contributed by atoms with van der Waals surface area (Å²) in [6, 6.07) is 30.1. The summed E-state index contributed by atoms with van der Waals surface area (Å²) in [5, 5.41) is 3.15. The lowest BCUT2D eigenvalue weighted by atomic mass is 10.0. The molecule has 4 rings (SSSR count). The van der Waals surface area contributed by atoms with E-state index in [2.05, 4.69) is 21.2 Å². The van der Waals surface area contributed by atoms with Gasteiger partial charge in [0.15, 0.2) is 0 Å². The molecule has 0 aliphatic rings. The molecule has 41 heavy (non-hydrogen) atoms. The SMILES string of the molecule is CNC(=O)[C@H](Cc1ccccc1)N(Cc1cccc(Cl)c1)C(=O)CN(c1cccc(Br)c1)S(=O)(=O)c1ccccc1. The van der Waals surface area contributed by atoms with Crippen LogP contribution in [0.2, 0.25) is 5.02 Å². The van der Waals surface area contributed by atoms with E-state index < -0.39 is 28.5 Å². The van der Waals surface area contributed by atoms with Crippen LogP contribution in [-0.2, 0) is 32.6 Å². The number of likely N-dealkylation sites (N-methyl/N-ethyl adjacent to an activating group) is 1. The highest BCUT2D eigenvalue weighted by molar-refractivity contribution is 9.10. The summed E-state index contributed by atoms with van der Waals surface area (Å²) in [7, 11) is -2.64. The topological polar surface area (TPSA) is 86.8 Å². The van der Waals surface area contributed by atoms with E-state index in [1.54, 1.807) is 60.7 Å². The molecule has 1 atom stereocenters. The predicted octanol–water partition coefficient (Wildman–Crippen LogP) is 5.68. The van der Waals surface area contributed by atoms with Gasteiger partial charge in [-0.1, -0.05) is 94.3 Å². The van der Waals surface area contributed by atoms with Crippen LogP contribution < -0.4 is 9.62 Å². The molecule has 212 valence electrons. The molecule has 0 bridgehead atoms. The second-order valence-corrected chi connectivity index (χ2v) is 12.5. The van der Waals surface area contributed by atoms with Gasteiger partial charge < -0.3 is 10.2 Å².